The number of benzene rings is 13. The van der Waals surface area contributed by atoms with E-state index in [0.29, 0.717) is 0 Å². The Bertz CT molecular complexity index is 4410. The summed E-state index contributed by atoms with van der Waals surface area (Å²) >= 11 is 0. The summed E-state index contributed by atoms with van der Waals surface area (Å²) in [5, 5.41) is 19.7. The molecule has 13 aromatic carbocycles. The molecule has 0 spiro atoms. The Morgan fingerprint density at radius 2 is 0.806 bits per heavy atom. The minimum atomic E-state index is 0.823. The Morgan fingerprint density at radius 3 is 1.58 bits per heavy atom. The van der Waals surface area contributed by atoms with Crippen molar-refractivity contribution >= 4 is 114 Å². The average molecular weight is 851 g/mol. The SMILES string of the molecule is c1ccc2cc3c(cc2c1)c1cc(-c2ccc4c(c2)N(c2ccc5c6ccccc6c6ccccc6c5c2)c2ccc5ccccc5c2O4)ccc1n3-c1ccc2c(ccc3ccccc32)c1. The fourth-order valence-electron chi connectivity index (χ4n) is 11.3. The van der Waals surface area contributed by atoms with Crippen molar-refractivity contribution < 1.29 is 4.74 Å². The van der Waals surface area contributed by atoms with Gasteiger partial charge in [-0.3, -0.25) is 0 Å². The highest BCUT2D eigenvalue weighted by Gasteiger charge is 2.29. The molecule has 1 aliphatic heterocycles. The molecule has 0 fully saturated rings. The highest BCUT2D eigenvalue weighted by Crippen LogP contribution is 2.54. The van der Waals surface area contributed by atoms with Gasteiger partial charge in [-0.05, 0) is 148 Å². The summed E-state index contributed by atoms with van der Waals surface area (Å²) in [6.07, 6.45) is 0. The van der Waals surface area contributed by atoms with Gasteiger partial charge in [0.2, 0.25) is 0 Å². The number of hydrogen-bond donors (Lipinski definition) is 0. The van der Waals surface area contributed by atoms with E-state index in [9.17, 15) is 0 Å². The molecular weight excluding hydrogens is 813 g/mol. The summed E-state index contributed by atoms with van der Waals surface area (Å²) in [7, 11) is 0. The van der Waals surface area contributed by atoms with Gasteiger partial charge < -0.3 is 14.2 Å². The van der Waals surface area contributed by atoms with Gasteiger partial charge in [0.25, 0.3) is 0 Å². The molecule has 310 valence electrons. The zero-order valence-corrected chi connectivity index (χ0v) is 36.2. The minimum absolute atomic E-state index is 0.823. The van der Waals surface area contributed by atoms with E-state index in [2.05, 4.69) is 240 Å². The molecular formula is C64H38N2O. The Kier molecular flexibility index (Phi) is 7.50. The van der Waals surface area contributed by atoms with Crippen molar-refractivity contribution in [3.63, 3.8) is 0 Å². The topological polar surface area (TPSA) is 17.4 Å². The molecule has 1 aromatic heterocycles. The number of nitrogens with zero attached hydrogens (tertiary/aromatic N) is 2. The molecule has 0 radical (unpaired) electrons. The summed E-state index contributed by atoms with van der Waals surface area (Å²) in [5.41, 5.74) is 8.88. The van der Waals surface area contributed by atoms with Crippen molar-refractivity contribution in [3.8, 4) is 28.3 Å². The van der Waals surface area contributed by atoms with Crippen molar-refractivity contribution in [1.29, 1.82) is 0 Å². The lowest BCUT2D eigenvalue weighted by molar-refractivity contribution is 0.482. The second-order valence-corrected chi connectivity index (χ2v) is 18.1. The van der Waals surface area contributed by atoms with Crippen LogP contribution in [0.2, 0.25) is 0 Å². The molecule has 3 nitrogen and oxygen atoms in total. The minimum Gasteiger partial charge on any atom is -0.452 e. The second-order valence-electron chi connectivity index (χ2n) is 18.1. The lowest BCUT2D eigenvalue weighted by Crippen LogP contribution is -2.16. The van der Waals surface area contributed by atoms with Crippen LogP contribution in [0.4, 0.5) is 17.1 Å². The van der Waals surface area contributed by atoms with Gasteiger partial charge in [0, 0.05) is 27.5 Å². The summed E-state index contributed by atoms with van der Waals surface area (Å²) in [6.45, 7) is 0. The molecule has 0 aliphatic carbocycles. The third-order valence-electron chi connectivity index (χ3n) is 14.5. The first-order valence-electron chi connectivity index (χ1n) is 23.1. The maximum atomic E-state index is 6.98. The number of aromatic nitrogens is 1. The van der Waals surface area contributed by atoms with Gasteiger partial charge in [0.1, 0.15) is 0 Å². The van der Waals surface area contributed by atoms with E-state index in [4.69, 9.17) is 4.74 Å². The first-order valence-corrected chi connectivity index (χ1v) is 23.1. The highest BCUT2D eigenvalue weighted by atomic mass is 16.5. The Hall–Kier alpha value is -8.92. The van der Waals surface area contributed by atoms with Crippen LogP contribution in [0.3, 0.4) is 0 Å². The van der Waals surface area contributed by atoms with Gasteiger partial charge in [-0.15, -0.1) is 0 Å². The van der Waals surface area contributed by atoms with Gasteiger partial charge >= 0.3 is 0 Å². The summed E-state index contributed by atoms with van der Waals surface area (Å²) in [6, 6.07) is 84.7. The van der Waals surface area contributed by atoms with Crippen LogP contribution in [-0.4, -0.2) is 4.57 Å². The van der Waals surface area contributed by atoms with Crippen LogP contribution in [-0.2, 0) is 0 Å². The first-order chi connectivity index (χ1) is 33.2. The van der Waals surface area contributed by atoms with Crippen LogP contribution in [0, 0.1) is 0 Å². The molecule has 3 heteroatoms. The summed E-state index contributed by atoms with van der Waals surface area (Å²) < 4.78 is 9.43. The first kappa shape index (κ1) is 36.4. The van der Waals surface area contributed by atoms with E-state index in [1.807, 2.05) is 0 Å². The second kappa shape index (κ2) is 13.8. The zero-order chi connectivity index (χ0) is 43.7. The van der Waals surface area contributed by atoms with Crippen LogP contribution >= 0.6 is 0 Å². The van der Waals surface area contributed by atoms with Crippen molar-refractivity contribution in [3.05, 3.63) is 231 Å². The van der Waals surface area contributed by atoms with Crippen molar-refractivity contribution in [2.45, 2.75) is 0 Å². The van der Waals surface area contributed by atoms with Gasteiger partial charge in [-0.1, -0.05) is 164 Å². The Morgan fingerprint density at radius 1 is 0.269 bits per heavy atom. The highest BCUT2D eigenvalue weighted by molar-refractivity contribution is 6.26. The molecule has 67 heavy (non-hydrogen) atoms. The van der Waals surface area contributed by atoms with E-state index in [0.717, 1.165) is 56.1 Å². The van der Waals surface area contributed by atoms with E-state index in [-0.39, 0.29) is 0 Å². The van der Waals surface area contributed by atoms with Crippen LogP contribution in [0.25, 0.3) is 114 Å². The Balaban J connectivity index is 0.936. The lowest BCUT2D eigenvalue weighted by Gasteiger charge is -2.34. The molecule has 2 heterocycles. The summed E-state index contributed by atoms with van der Waals surface area (Å²) in [5.74, 6) is 1.69. The predicted molar refractivity (Wildman–Crippen MR) is 284 cm³/mol. The molecule has 0 amide bonds. The maximum absolute atomic E-state index is 6.98. The normalized spacial score (nSPS) is 12.6. The third-order valence-corrected chi connectivity index (χ3v) is 14.5. The van der Waals surface area contributed by atoms with E-state index >= 15 is 0 Å². The van der Waals surface area contributed by atoms with E-state index in [1.54, 1.807) is 0 Å². The fourth-order valence-corrected chi connectivity index (χ4v) is 11.3. The van der Waals surface area contributed by atoms with Gasteiger partial charge in [-0.25, -0.2) is 0 Å². The predicted octanol–water partition coefficient (Wildman–Crippen LogP) is 18.1. The molecule has 0 unspecified atom stereocenters. The molecule has 0 saturated carbocycles. The number of hydrogen-bond acceptors (Lipinski definition) is 2. The third kappa shape index (κ3) is 5.34. The van der Waals surface area contributed by atoms with Crippen LogP contribution in [0.5, 0.6) is 11.5 Å². The summed E-state index contributed by atoms with van der Waals surface area (Å²) in [4.78, 5) is 2.41. The van der Waals surface area contributed by atoms with Crippen molar-refractivity contribution in [1.82, 2.24) is 4.57 Å². The van der Waals surface area contributed by atoms with Gasteiger partial charge in [-0.2, -0.15) is 0 Å². The van der Waals surface area contributed by atoms with E-state index < -0.39 is 0 Å². The molecule has 0 saturated heterocycles. The lowest BCUT2D eigenvalue weighted by atomic mass is 9.93. The zero-order valence-electron chi connectivity index (χ0n) is 36.2. The quantitative estimate of drug-likeness (QED) is 0.165. The number of rotatable bonds is 3. The fraction of sp³-hybridized carbons (Fsp3) is 0. The standard InChI is InChI=1S/C64H38N2O/c1-2-14-42-36-61-58(34-41(42)13-1)57-35-43(24-30-59(57)65(61)46-26-28-49-45(33-46)22-21-39-11-3-5-15-48(39)49)44-25-32-63-62(37-44)66(60-31-23-40-12-4-6-16-50(40)64(60)67-63)47-27-29-55-53-19-8-7-17-51(53)52-18-9-10-20-54(52)56(55)38-47/h1-38H. The molecule has 0 bridgehead atoms. The number of ether oxygens (including phenoxy) is 1. The Labute approximate surface area is 385 Å². The van der Waals surface area contributed by atoms with Crippen LogP contribution in [0.15, 0.2) is 231 Å². The smallest absolute Gasteiger partial charge is 0.159 e. The van der Waals surface area contributed by atoms with Gasteiger partial charge in [0.05, 0.1) is 22.4 Å². The maximum Gasteiger partial charge on any atom is 0.159 e. The molecule has 0 atom stereocenters. The molecule has 15 rings (SSSR count). The van der Waals surface area contributed by atoms with E-state index in [1.165, 1.54) is 86.4 Å². The molecule has 0 N–H and O–H groups in total. The van der Waals surface area contributed by atoms with Crippen LogP contribution in [0.1, 0.15) is 0 Å². The monoisotopic (exact) mass is 850 g/mol. The van der Waals surface area contributed by atoms with Crippen molar-refractivity contribution in [2.24, 2.45) is 0 Å². The molecule has 1 aliphatic rings. The average Bonchev–Trinajstić information content (AvgIpc) is 3.71. The largest absolute Gasteiger partial charge is 0.452 e. The van der Waals surface area contributed by atoms with Crippen LogP contribution < -0.4 is 9.64 Å². The number of fused-ring (bicyclic) bond motifs is 17. The number of anilines is 3. The molecule has 14 aromatic rings. The van der Waals surface area contributed by atoms with Gasteiger partial charge in [0.15, 0.2) is 11.5 Å². The van der Waals surface area contributed by atoms with Crippen molar-refractivity contribution in [2.75, 3.05) is 4.90 Å².